The van der Waals surface area contributed by atoms with Gasteiger partial charge in [-0.15, -0.1) is 0 Å². The Labute approximate surface area is 179 Å². The maximum atomic E-state index is 12.9. The van der Waals surface area contributed by atoms with Crippen LogP contribution in [0.3, 0.4) is 0 Å². The fraction of sp³-hybridized carbons (Fsp3) is 0.364. The number of benzene rings is 2. The van der Waals surface area contributed by atoms with E-state index in [0.29, 0.717) is 17.2 Å². The molecule has 1 unspecified atom stereocenters. The Hall–Kier alpha value is -2.71. The molecule has 2 atom stereocenters. The zero-order valence-electron chi connectivity index (χ0n) is 17.2. The number of ether oxygens (including phenoxy) is 1. The zero-order chi connectivity index (χ0) is 21.5. The number of aryl methyl sites for hydroxylation is 1. The summed E-state index contributed by atoms with van der Waals surface area (Å²) in [4.78, 5) is 26.9. The summed E-state index contributed by atoms with van der Waals surface area (Å²) in [6.07, 6.45) is 1.45. The van der Waals surface area contributed by atoms with E-state index < -0.39 is 10.8 Å². The minimum atomic E-state index is -1.28. The summed E-state index contributed by atoms with van der Waals surface area (Å²) >= 11 is 0. The molecule has 1 heterocycles. The van der Waals surface area contributed by atoms with Gasteiger partial charge in [-0.25, -0.2) is 4.21 Å². The number of nitrogens with one attached hydrogen (secondary N) is 2. The molecule has 0 radical (unpaired) electrons. The molecule has 0 fully saturated rings. The predicted octanol–water partition coefficient (Wildman–Crippen LogP) is 1.34. The number of likely N-dealkylation sites (N-methyl/N-ethyl adjacent to an activating group) is 2. The number of hydrogen-bond donors (Lipinski definition) is 2. The summed E-state index contributed by atoms with van der Waals surface area (Å²) in [7, 11) is 1.86. The zero-order valence-corrected chi connectivity index (χ0v) is 18.0. The summed E-state index contributed by atoms with van der Waals surface area (Å²) in [5.41, 5.74) is 1.07. The Kier molecular flexibility index (Phi) is 7.59. The van der Waals surface area contributed by atoms with E-state index in [1.54, 1.807) is 19.0 Å². The van der Waals surface area contributed by atoms with Crippen LogP contribution >= 0.6 is 0 Å². The highest BCUT2D eigenvalue weighted by atomic mass is 32.2. The minimum Gasteiger partial charge on any atom is -0.489 e. The molecule has 2 aromatic rings. The fourth-order valence-electron chi connectivity index (χ4n) is 3.37. The van der Waals surface area contributed by atoms with Gasteiger partial charge in [0.05, 0.1) is 23.9 Å². The average molecular weight is 430 g/mol. The van der Waals surface area contributed by atoms with E-state index in [1.165, 1.54) is 0 Å². The average Bonchev–Trinajstić information content (AvgIpc) is 2.78. The molecule has 0 bridgehead atoms. The molecule has 0 aliphatic carbocycles. The molecule has 2 aromatic carbocycles. The Bertz CT molecular complexity index is 902. The van der Waals surface area contributed by atoms with Gasteiger partial charge >= 0.3 is 0 Å². The van der Waals surface area contributed by atoms with E-state index >= 15 is 0 Å². The van der Waals surface area contributed by atoms with Gasteiger partial charge in [-0.2, -0.15) is 0 Å². The topological polar surface area (TPSA) is 87.7 Å². The third-order valence-corrected chi connectivity index (χ3v) is 6.38. The van der Waals surface area contributed by atoms with Crippen LogP contribution in [0.25, 0.3) is 0 Å². The smallest absolute Gasteiger partial charge is 0.233 e. The molecule has 0 saturated heterocycles. The molecule has 30 heavy (non-hydrogen) atoms. The van der Waals surface area contributed by atoms with E-state index in [-0.39, 0.29) is 31.0 Å². The van der Waals surface area contributed by atoms with Gasteiger partial charge in [-0.05, 0) is 42.7 Å². The quantitative estimate of drug-likeness (QED) is 0.661. The molecule has 0 spiro atoms. The predicted molar refractivity (Wildman–Crippen MR) is 115 cm³/mol. The molecule has 0 aromatic heterocycles. The third-order valence-electron chi connectivity index (χ3n) is 4.99. The highest BCUT2D eigenvalue weighted by Gasteiger charge is 2.25. The molecular formula is C22H27N3O4S. The number of rotatable bonds is 8. The van der Waals surface area contributed by atoms with Crippen LogP contribution in [0.2, 0.25) is 0 Å². The Morgan fingerprint density at radius 3 is 2.33 bits per heavy atom. The first kappa shape index (κ1) is 22.0. The Morgan fingerprint density at radius 2 is 1.70 bits per heavy atom. The molecule has 7 nitrogen and oxygen atoms in total. The minimum absolute atomic E-state index is 0.120. The van der Waals surface area contributed by atoms with Gasteiger partial charge in [0.1, 0.15) is 11.9 Å². The molecule has 0 saturated carbocycles. The summed E-state index contributed by atoms with van der Waals surface area (Å²) in [5.74, 6) is 0.402. The van der Waals surface area contributed by atoms with Crippen molar-refractivity contribution in [3.8, 4) is 5.75 Å². The molecule has 1 aliphatic rings. The number of carbonyl (C=O) groups excluding carboxylic acids is 2. The van der Waals surface area contributed by atoms with Crippen molar-refractivity contribution in [3.05, 3.63) is 54.1 Å². The maximum absolute atomic E-state index is 12.9. The van der Waals surface area contributed by atoms with Gasteiger partial charge in [0.15, 0.2) is 0 Å². The van der Waals surface area contributed by atoms with Crippen LogP contribution in [0, 0.1) is 0 Å². The van der Waals surface area contributed by atoms with E-state index in [2.05, 4.69) is 10.6 Å². The lowest BCUT2D eigenvalue weighted by Gasteiger charge is -2.31. The number of nitrogens with zero attached hydrogens (tertiary/aromatic N) is 1. The van der Waals surface area contributed by atoms with Crippen molar-refractivity contribution >= 4 is 22.6 Å². The second-order valence-electron chi connectivity index (χ2n) is 7.15. The summed E-state index contributed by atoms with van der Waals surface area (Å²) in [6.45, 7) is 0.690. The van der Waals surface area contributed by atoms with Gasteiger partial charge in [-0.1, -0.05) is 24.3 Å². The lowest BCUT2D eigenvalue weighted by atomic mass is 10.0. The van der Waals surface area contributed by atoms with Crippen molar-refractivity contribution in [3.63, 3.8) is 0 Å². The Morgan fingerprint density at radius 1 is 1.03 bits per heavy atom. The van der Waals surface area contributed by atoms with Gasteiger partial charge in [0.25, 0.3) is 0 Å². The normalized spacial score (nSPS) is 16.3. The molecular weight excluding hydrogens is 402 g/mol. The van der Waals surface area contributed by atoms with Gasteiger partial charge in [0.2, 0.25) is 11.8 Å². The molecule has 8 heteroatoms. The standard InChI is InChI=1S/C22H27N3O4S/c1-23-21(26)14-25(15-22(27)24-2)13-17-10-8-16-9-11-19(12-20(16)29-17)30(28)18-6-4-3-5-7-18/h3-7,9,11-12,17H,8,10,13-15H2,1-2H3,(H,23,26)(H,24,27)/t17-,30?/m1/s1. The highest BCUT2D eigenvalue weighted by Crippen LogP contribution is 2.31. The molecule has 2 N–H and O–H groups in total. The van der Waals surface area contributed by atoms with Crippen LogP contribution in [0.4, 0.5) is 0 Å². The molecule has 3 rings (SSSR count). The third kappa shape index (κ3) is 5.67. The number of fused-ring (bicyclic) bond motifs is 1. The largest absolute Gasteiger partial charge is 0.489 e. The fourth-order valence-corrected chi connectivity index (χ4v) is 4.45. The van der Waals surface area contributed by atoms with Crippen molar-refractivity contribution in [2.45, 2.75) is 28.7 Å². The van der Waals surface area contributed by atoms with Crippen molar-refractivity contribution in [1.82, 2.24) is 15.5 Å². The SMILES string of the molecule is CNC(=O)CN(CC(=O)NC)C[C@H]1CCc2ccc(S(=O)c3ccccc3)cc2O1. The molecule has 2 amide bonds. The van der Waals surface area contributed by atoms with E-state index in [4.69, 9.17) is 4.74 Å². The number of carbonyl (C=O) groups is 2. The van der Waals surface area contributed by atoms with Crippen molar-refractivity contribution in [2.24, 2.45) is 0 Å². The van der Waals surface area contributed by atoms with Crippen LogP contribution in [-0.4, -0.2) is 60.8 Å². The van der Waals surface area contributed by atoms with Crippen LogP contribution in [0.5, 0.6) is 5.75 Å². The number of hydrogen-bond acceptors (Lipinski definition) is 5. The monoisotopic (exact) mass is 429 g/mol. The number of amides is 2. The van der Waals surface area contributed by atoms with Crippen molar-refractivity contribution in [2.75, 3.05) is 33.7 Å². The van der Waals surface area contributed by atoms with Crippen LogP contribution < -0.4 is 15.4 Å². The Balaban J connectivity index is 1.72. The lowest BCUT2D eigenvalue weighted by Crippen LogP contribution is -2.46. The van der Waals surface area contributed by atoms with Crippen molar-refractivity contribution < 1.29 is 18.5 Å². The summed E-state index contributed by atoms with van der Waals surface area (Å²) < 4.78 is 19.0. The van der Waals surface area contributed by atoms with Gasteiger partial charge < -0.3 is 15.4 Å². The van der Waals surface area contributed by atoms with Gasteiger partial charge in [0, 0.05) is 30.4 Å². The summed E-state index contributed by atoms with van der Waals surface area (Å²) in [6, 6.07) is 15.0. The first-order valence-electron chi connectivity index (χ1n) is 9.90. The van der Waals surface area contributed by atoms with E-state index in [9.17, 15) is 13.8 Å². The van der Waals surface area contributed by atoms with Crippen molar-refractivity contribution in [1.29, 1.82) is 0 Å². The second kappa shape index (κ2) is 10.4. The van der Waals surface area contributed by atoms with Crippen LogP contribution in [-0.2, 0) is 26.8 Å². The molecule has 1 aliphatic heterocycles. The second-order valence-corrected chi connectivity index (χ2v) is 8.63. The molecule has 160 valence electrons. The van der Waals surface area contributed by atoms with Crippen LogP contribution in [0.15, 0.2) is 58.3 Å². The van der Waals surface area contributed by atoms with Gasteiger partial charge in [-0.3, -0.25) is 14.5 Å². The first-order chi connectivity index (χ1) is 14.5. The van der Waals surface area contributed by atoms with E-state index in [1.807, 2.05) is 48.5 Å². The highest BCUT2D eigenvalue weighted by molar-refractivity contribution is 7.85. The van der Waals surface area contributed by atoms with Crippen LogP contribution in [0.1, 0.15) is 12.0 Å². The maximum Gasteiger partial charge on any atom is 0.233 e. The lowest BCUT2D eigenvalue weighted by molar-refractivity contribution is -0.125. The first-order valence-corrected chi connectivity index (χ1v) is 11.0. The van der Waals surface area contributed by atoms with E-state index in [0.717, 1.165) is 23.3 Å². The summed E-state index contributed by atoms with van der Waals surface area (Å²) in [5, 5.41) is 5.18.